The second-order valence-electron chi connectivity index (χ2n) is 4.47. The minimum atomic E-state index is -0.241. The average molecular weight is 335 g/mol. The third-order valence-electron chi connectivity index (χ3n) is 2.86. The van der Waals surface area contributed by atoms with E-state index in [0.717, 1.165) is 21.6 Å². The van der Waals surface area contributed by atoms with Crippen LogP contribution in [0, 0.1) is 13.8 Å². The first-order chi connectivity index (χ1) is 9.47. The van der Waals surface area contributed by atoms with E-state index in [-0.39, 0.29) is 5.91 Å². The number of furan rings is 1. The van der Waals surface area contributed by atoms with Gasteiger partial charge in [0.2, 0.25) is 0 Å². The van der Waals surface area contributed by atoms with Crippen molar-refractivity contribution in [2.75, 3.05) is 0 Å². The lowest BCUT2D eigenvalue weighted by molar-refractivity contribution is 0.0955. The maximum Gasteiger partial charge on any atom is 0.271 e. The van der Waals surface area contributed by atoms with Gasteiger partial charge in [-0.1, -0.05) is 15.9 Å². The van der Waals surface area contributed by atoms with Gasteiger partial charge in [0.15, 0.2) is 0 Å². The maximum absolute atomic E-state index is 11.9. The summed E-state index contributed by atoms with van der Waals surface area (Å²) >= 11 is 3.33. The van der Waals surface area contributed by atoms with Crippen LogP contribution in [0.15, 0.2) is 44.3 Å². The Bertz CT molecular complexity index is 657. The zero-order valence-corrected chi connectivity index (χ0v) is 13.1. The molecular formula is C15H15BrN2O2. The largest absolute Gasteiger partial charge is 0.466 e. The van der Waals surface area contributed by atoms with Crippen molar-refractivity contribution < 1.29 is 9.21 Å². The number of amides is 1. The number of nitrogens with one attached hydrogen (secondary N) is 1. The molecule has 20 heavy (non-hydrogen) atoms. The number of rotatable bonds is 3. The van der Waals surface area contributed by atoms with Crippen molar-refractivity contribution in [1.29, 1.82) is 0 Å². The summed E-state index contributed by atoms with van der Waals surface area (Å²) in [5, 5.41) is 4.11. The first-order valence-corrected chi connectivity index (χ1v) is 6.94. The van der Waals surface area contributed by atoms with Crippen LogP contribution in [0.5, 0.6) is 0 Å². The highest BCUT2D eigenvalue weighted by molar-refractivity contribution is 9.10. The Morgan fingerprint density at radius 2 is 1.90 bits per heavy atom. The second kappa shape index (κ2) is 6.05. The van der Waals surface area contributed by atoms with Crippen LogP contribution < -0.4 is 5.43 Å². The molecule has 4 nitrogen and oxygen atoms in total. The molecule has 2 rings (SSSR count). The van der Waals surface area contributed by atoms with Gasteiger partial charge in [-0.05, 0) is 51.1 Å². The molecule has 0 atom stereocenters. The summed E-state index contributed by atoms with van der Waals surface area (Å²) in [6, 6.07) is 9.00. The van der Waals surface area contributed by atoms with Crippen molar-refractivity contribution in [2.24, 2.45) is 5.10 Å². The number of benzene rings is 1. The molecule has 0 fully saturated rings. The quantitative estimate of drug-likeness (QED) is 0.685. The van der Waals surface area contributed by atoms with Crippen molar-refractivity contribution in [2.45, 2.75) is 20.8 Å². The summed E-state index contributed by atoms with van der Waals surface area (Å²) in [5.74, 6) is 1.38. The molecule has 1 amide bonds. The van der Waals surface area contributed by atoms with E-state index in [1.807, 2.05) is 39.0 Å². The topological polar surface area (TPSA) is 54.6 Å². The molecule has 1 heterocycles. The molecule has 1 aromatic heterocycles. The molecule has 0 spiro atoms. The number of hydrogen-bond acceptors (Lipinski definition) is 3. The molecule has 0 radical (unpaired) electrons. The van der Waals surface area contributed by atoms with Crippen molar-refractivity contribution in [1.82, 2.24) is 5.43 Å². The Labute approximate surface area is 126 Å². The van der Waals surface area contributed by atoms with Gasteiger partial charge in [-0.3, -0.25) is 4.79 Å². The fourth-order valence-electron chi connectivity index (χ4n) is 1.85. The zero-order valence-electron chi connectivity index (χ0n) is 11.5. The molecule has 2 aromatic rings. The second-order valence-corrected chi connectivity index (χ2v) is 5.39. The number of hydrazone groups is 1. The van der Waals surface area contributed by atoms with Gasteiger partial charge in [0.25, 0.3) is 5.91 Å². The van der Waals surface area contributed by atoms with Crippen molar-refractivity contribution in [3.05, 3.63) is 57.5 Å². The van der Waals surface area contributed by atoms with E-state index in [9.17, 15) is 4.79 Å². The molecule has 0 aliphatic carbocycles. The number of carbonyl (C=O) groups is 1. The molecule has 0 saturated carbocycles. The van der Waals surface area contributed by atoms with Crippen LogP contribution in [0.25, 0.3) is 0 Å². The third-order valence-corrected chi connectivity index (χ3v) is 3.39. The van der Waals surface area contributed by atoms with Gasteiger partial charge in [0.1, 0.15) is 11.5 Å². The van der Waals surface area contributed by atoms with Crippen LogP contribution in [-0.4, -0.2) is 11.6 Å². The maximum atomic E-state index is 11.9. The predicted octanol–water partition coefficient (Wildman–Crippen LogP) is 3.81. The monoisotopic (exact) mass is 334 g/mol. The molecule has 5 heteroatoms. The Kier molecular flexibility index (Phi) is 4.39. The molecular weight excluding hydrogens is 320 g/mol. The van der Waals surface area contributed by atoms with Crippen LogP contribution in [0.4, 0.5) is 0 Å². The number of nitrogens with zero attached hydrogens (tertiary/aromatic N) is 1. The van der Waals surface area contributed by atoms with Crippen LogP contribution in [0.2, 0.25) is 0 Å². The number of aryl methyl sites for hydroxylation is 2. The summed E-state index contributed by atoms with van der Waals surface area (Å²) in [6.45, 7) is 5.58. The summed E-state index contributed by atoms with van der Waals surface area (Å²) in [6.07, 6.45) is 0. The van der Waals surface area contributed by atoms with Crippen molar-refractivity contribution in [3.63, 3.8) is 0 Å². The fourth-order valence-corrected chi connectivity index (χ4v) is 2.12. The van der Waals surface area contributed by atoms with Gasteiger partial charge in [0.05, 0.1) is 5.71 Å². The van der Waals surface area contributed by atoms with Crippen LogP contribution >= 0.6 is 15.9 Å². The number of carbonyl (C=O) groups excluding carboxylic acids is 1. The third kappa shape index (κ3) is 3.36. The van der Waals surface area contributed by atoms with Gasteiger partial charge in [-0.2, -0.15) is 5.10 Å². The smallest absolute Gasteiger partial charge is 0.271 e. The summed E-state index contributed by atoms with van der Waals surface area (Å²) in [7, 11) is 0. The van der Waals surface area contributed by atoms with E-state index in [0.29, 0.717) is 11.3 Å². The van der Waals surface area contributed by atoms with Gasteiger partial charge in [-0.25, -0.2) is 5.43 Å². The lowest BCUT2D eigenvalue weighted by Gasteiger charge is -2.02. The molecule has 0 aliphatic heterocycles. The molecule has 0 saturated heterocycles. The van der Waals surface area contributed by atoms with Crippen LogP contribution in [0.1, 0.15) is 34.4 Å². The van der Waals surface area contributed by atoms with Crippen molar-refractivity contribution >= 4 is 27.5 Å². The van der Waals surface area contributed by atoms with E-state index < -0.39 is 0 Å². The molecule has 0 unspecified atom stereocenters. The standard InChI is InChI=1S/C15H15BrN2O2/c1-9-8-14(11(3)20-9)10(2)17-18-15(19)12-4-6-13(16)7-5-12/h4-8H,1-3H3,(H,18,19). The fraction of sp³-hybridized carbons (Fsp3) is 0.200. The average Bonchev–Trinajstić information content (AvgIpc) is 2.75. The SMILES string of the molecule is CC(=NNC(=O)c1ccc(Br)cc1)c1cc(C)oc1C. The molecule has 0 bridgehead atoms. The summed E-state index contributed by atoms with van der Waals surface area (Å²) in [4.78, 5) is 11.9. The Morgan fingerprint density at radius 3 is 2.45 bits per heavy atom. The first kappa shape index (κ1) is 14.5. The highest BCUT2D eigenvalue weighted by Crippen LogP contribution is 2.14. The minimum Gasteiger partial charge on any atom is -0.466 e. The number of hydrogen-bond donors (Lipinski definition) is 1. The summed E-state index contributed by atoms with van der Waals surface area (Å²) < 4.78 is 6.37. The zero-order chi connectivity index (χ0) is 14.7. The Balaban J connectivity index is 2.10. The highest BCUT2D eigenvalue weighted by atomic mass is 79.9. The normalized spacial score (nSPS) is 11.5. The van der Waals surface area contributed by atoms with E-state index in [1.54, 1.807) is 12.1 Å². The minimum absolute atomic E-state index is 0.241. The highest BCUT2D eigenvalue weighted by Gasteiger charge is 2.09. The molecule has 1 N–H and O–H groups in total. The lowest BCUT2D eigenvalue weighted by atomic mass is 10.2. The van der Waals surface area contributed by atoms with Gasteiger partial charge in [-0.15, -0.1) is 0 Å². The summed E-state index contributed by atoms with van der Waals surface area (Å²) in [5.41, 5.74) is 4.72. The van der Waals surface area contributed by atoms with E-state index in [1.165, 1.54) is 0 Å². The van der Waals surface area contributed by atoms with Crippen molar-refractivity contribution in [3.8, 4) is 0 Å². The molecule has 0 aliphatic rings. The van der Waals surface area contributed by atoms with Gasteiger partial charge < -0.3 is 4.42 Å². The lowest BCUT2D eigenvalue weighted by Crippen LogP contribution is -2.19. The Hall–Kier alpha value is -1.88. The van der Waals surface area contributed by atoms with E-state index in [4.69, 9.17) is 4.42 Å². The molecule has 104 valence electrons. The van der Waals surface area contributed by atoms with Gasteiger partial charge in [0, 0.05) is 15.6 Å². The van der Waals surface area contributed by atoms with E-state index >= 15 is 0 Å². The van der Waals surface area contributed by atoms with E-state index in [2.05, 4.69) is 26.5 Å². The van der Waals surface area contributed by atoms with Crippen LogP contribution in [-0.2, 0) is 0 Å². The predicted molar refractivity (Wildman–Crippen MR) is 82.0 cm³/mol. The first-order valence-electron chi connectivity index (χ1n) is 6.15. The number of halogens is 1. The molecule has 1 aromatic carbocycles. The Morgan fingerprint density at radius 1 is 1.25 bits per heavy atom. The van der Waals surface area contributed by atoms with Gasteiger partial charge >= 0.3 is 0 Å². The van der Waals surface area contributed by atoms with Crippen LogP contribution in [0.3, 0.4) is 0 Å².